The van der Waals surface area contributed by atoms with E-state index in [0.29, 0.717) is 18.8 Å². The Bertz CT molecular complexity index is 334. The Morgan fingerprint density at radius 1 is 1.57 bits per heavy atom. The van der Waals surface area contributed by atoms with Gasteiger partial charge >= 0.3 is 0 Å². The number of hydrogen-bond donors (Lipinski definition) is 2. The summed E-state index contributed by atoms with van der Waals surface area (Å²) in [6.45, 7) is 2.26. The molecule has 1 aromatic heterocycles. The smallest absolute Gasteiger partial charge is 0.182 e. The van der Waals surface area contributed by atoms with Gasteiger partial charge in [-0.1, -0.05) is 6.92 Å². The van der Waals surface area contributed by atoms with E-state index in [1.54, 1.807) is 0 Å². The molecular formula is C9H12N4O. The molecule has 1 heterocycles. The molecule has 2 N–H and O–H groups in total. The Morgan fingerprint density at radius 3 is 2.93 bits per heavy atom. The fourth-order valence-corrected chi connectivity index (χ4v) is 0.908. The Labute approximate surface area is 82.4 Å². The number of hydrogen-bond acceptors (Lipinski definition) is 5. The highest BCUT2D eigenvalue weighted by Gasteiger charge is 2.05. The first kappa shape index (κ1) is 10.4. The number of aliphatic hydroxyl groups excluding tert-OH is 1. The first-order valence-corrected chi connectivity index (χ1v) is 4.41. The van der Waals surface area contributed by atoms with Gasteiger partial charge in [0.05, 0.1) is 6.10 Å². The van der Waals surface area contributed by atoms with Crippen molar-refractivity contribution in [2.75, 3.05) is 11.9 Å². The van der Waals surface area contributed by atoms with Gasteiger partial charge in [-0.05, 0) is 6.42 Å². The standard InChI is InChI=1S/C9H12N4O/c1-2-7(14)6-13-9-8(5-10)11-3-4-12-9/h3-4,7,14H,2,6H2,1H3,(H,12,13). The molecule has 74 valence electrons. The third kappa shape index (κ3) is 2.68. The second kappa shape index (κ2) is 5.14. The van der Waals surface area contributed by atoms with E-state index >= 15 is 0 Å². The average Bonchev–Trinajstić information content (AvgIpc) is 2.26. The minimum absolute atomic E-state index is 0.246. The molecule has 0 aliphatic rings. The molecular weight excluding hydrogens is 180 g/mol. The predicted octanol–water partition coefficient (Wildman–Crippen LogP) is 0.531. The monoisotopic (exact) mass is 192 g/mol. The number of nitriles is 1. The minimum Gasteiger partial charge on any atom is -0.391 e. The lowest BCUT2D eigenvalue weighted by atomic mass is 10.3. The van der Waals surface area contributed by atoms with E-state index in [-0.39, 0.29) is 5.69 Å². The molecule has 0 saturated carbocycles. The maximum atomic E-state index is 9.29. The van der Waals surface area contributed by atoms with Crippen LogP contribution in [0.1, 0.15) is 19.0 Å². The van der Waals surface area contributed by atoms with Crippen LogP contribution >= 0.6 is 0 Å². The van der Waals surface area contributed by atoms with E-state index in [4.69, 9.17) is 5.26 Å². The summed E-state index contributed by atoms with van der Waals surface area (Å²) >= 11 is 0. The van der Waals surface area contributed by atoms with E-state index < -0.39 is 6.10 Å². The van der Waals surface area contributed by atoms with Crippen molar-refractivity contribution in [3.8, 4) is 6.07 Å². The van der Waals surface area contributed by atoms with Crippen LogP contribution in [0.4, 0.5) is 5.82 Å². The van der Waals surface area contributed by atoms with Gasteiger partial charge in [-0.15, -0.1) is 0 Å². The van der Waals surface area contributed by atoms with Crippen LogP contribution in [0.5, 0.6) is 0 Å². The molecule has 0 aliphatic carbocycles. The highest BCUT2D eigenvalue weighted by atomic mass is 16.3. The summed E-state index contributed by atoms with van der Waals surface area (Å²) in [6.07, 6.45) is 3.19. The van der Waals surface area contributed by atoms with Gasteiger partial charge in [-0.2, -0.15) is 5.26 Å². The molecule has 1 rings (SSSR count). The molecule has 14 heavy (non-hydrogen) atoms. The quantitative estimate of drug-likeness (QED) is 0.727. The Morgan fingerprint density at radius 2 is 2.29 bits per heavy atom. The van der Waals surface area contributed by atoms with E-state index in [9.17, 15) is 5.11 Å². The largest absolute Gasteiger partial charge is 0.391 e. The summed E-state index contributed by atoms with van der Waals surface area (Å²) in [5.74, 6) is 0.419. The van der Waals surface area contributed by atoms with Gasteiger partial charge in [-0.25, -0.2) is 9.97 Å². The minimum atomic E-state index is -0.427. The van der Waals surface area contributed by atoms with Crippen LogP contribution in [0.2, 0.25) is 0 Å². The van der Waals surface area contributed by atoms with E-state index in [0.717, 1.165) is 0 Å². The van der Waals surface area contributed by atoms with E-state index in [1.807, 2.05) is 13.0 Å². The Hall–Kier alpha value is -1.67. The van der Waals surface area contributed by atoms with Crippen LogP contribution in [0.15, 0.2) is 12.4 Å². The lowest BCUT2D eigenvalue weighted by molar-refractivity contribution is 0.183. The maximum Gasteiger partial charge on any atom is 0.182 e. The zero-order valence-electron chi connectivity index (χ0n) is 7.94. The van der Waals surface area contributed by atoms with Gasteiger partial charge in [0.25, 0.3) is 0 Å². The number of anilines is 1. The van der Waals surface area contributed by atoms with Crippen LogP contribution in [-0.2, 0) is 0 Å². The van der Waals surface area contributed by atoms with Gasteiger partial charge in [-0.3, -0.25) is 0 Å². The highest BCUT2D eigenvalue weighted by Crippen LogP contribution is 2.06. The lowest BCUT2D eigenvalue weighted by Crippen LogP contribution is -2.19. The molecule has 0 aromatic carbocycles. The molecule has 1 aromatic rings. The SMILES string of the molecule is CCC(O)CNc1nccnc1C#N. The summed E-state index contributed by atoms with van der Waals surface area (Å²) in [5.41, 5.74) is 0.246. The van der Waals surface area contributed by atoms with Crippen molar-refractivity contribution in [2.45, 2.75) is 19.4 Å². The van der Waals surface area contributed by atoms with Crippen LogP contribution in [0.25, 0.3) is 0 Å². The number of aliphatic hydroxyl groups is 1. The summed E-state index contributed by atoms with van der Waals surface area (Å²) in [5, 5.41) is 20.8. The summed E-state index contributed by atoms with van der Waals surface area (Å²) in [6, 6.07) is 1.92. The van der Waals surface area contributed by atoms with Gasteiger partial charge in [0.2, 0.25) is 0 Å². The summed E-state index contributed by atoms with van der Waals surface area (Å²) in [7, 11) is 0. The molecule has 5 nitrogen and oxygen atoms in total. The van der Waals surface area contributed by atoms with Crippen LogP contribution in [0.3, 0.4) is 0 Å². The second-order valence-electron chi connectivity index (χ2n) is 2.81. The fraction of sp³-hybridized carbons (Fsp3) is 0.444. The third-order valence-corrected chi connectivity index (χ3v) is 1.78. The molecule has 0 saturated heterocycles. The summed E-state index contributed by atoms with van der Waals surface area (Å²) < 4.78 is 0. The zero-order valence-corrected chi connectivity index (χ0v) is 7.94. The predicted molar refractivity (Wildman–Crippen MR) is 51.5 cm³/mol. The number of nitrogens with one attached hydrogen (secondary N) is 1. The number of aromatic nitrogens is 2. The van der Waals surface area contributed by atoms with Gasteiger partial charge in [0.15, 0.2) is 11.5 Å². The molecule has 0 bridgehead atoms. The molecule has 0 radical (unpaired) electrons. The average molecular weight is 192 g/mol. The van der Waals surface area contributed by atoms with Crippen molar-refractivity contribution in [3.05, 3.63) is 18.1 Å². The normalized spacial score (nSPS) is 11.8. The Balaban J connectivity index is 2.63. The first-order valence-electron chi connectivity index (χ1n) is 4.41. The number of nitrogens with zero attached hydrogens (tertiary/aromatic N) is 3. The molecule has 0 amide bonds. The van der Waals surface area contributed by atoms with Gasteiger partial charge in [0, 0.05) is 18.9 Å². The Kier molecular flexibility index (Phi) is 3.83. The lowest BCUT2D eigenvalue weighted by Gasteiger charge is -2.09. The molecule has 1 atom stereocenters. The fourth-order valence-electron chi connectivity index (χ4n) is 0.908. The highest BCUT2D eigenvalue weighted by molar-refractivity contribution is 5.46. The van der Waals surface area contributed by atoms with Crippen LogP contribution in [0, 0.1) is 11.3 Å². The molecule has 0 spiro atoms. The van der Waals surface area contributed by atoms with Gasteiger partial charge in [0.1, 0.15) is 6.07 Å². The number of rotatable bonds is 4. The van der Waals surface area contributed by atoms with Crippen molar-refractivity contribution in [3.63, 3.8) is 0 Å². The van der Waals surface area contributed by atoms with Crippen molar-refractivity contribution in [2.24, 2.45) is 0 Å². The van der Waals surface area contributed by atoms with Crippen molar-refractivity contribution in [1.29, 1.82) is 5.26 Å². The van der Waals surface area contributed by atoms with Crippen molar-refractivity contribution < 1.29 is 5.11 Å². The second-order valence-corrected chi connectivity index (χ2v) is 2.81. The maximum absolute atomic E-state index is 9.29. The molecule has 0 fully saturated rings. The summed E-state index contributed by atoms with van der Waals surface area (Å²) in [4.78, 5) is 7.78. The van der Waals surface area contributed by atoms with Crippen molar-refractivity contribution in [1.82, 2.24) is 9.97 Å². The van der Waals surface area contributed by atoms with Crippen LogP contribution in [-0.4, -0.2) is 27.7 Å². The van der Waals surface area contributed by atoms with Crippen LogP contribution < -0.4 is 5.32 Å². The zero-order chi connectivity index (χ0) is 10.4. The van der Waals surface area contributed by atoms with E-state index in [2.05, 4.69) is 15.3 Å². The molecule has 5 heteroatoms. The van der Waals surface area contributed by atoms with E-state index in [1.165, 1.54) is 12.4 Å². The third-order valence-electron chi connectivity index (χ3n) is 1.78. The first-order chi connectivity index (χ1) is 6.77. The molecule has 1 unspecified atom stereocenters. The van der Waals surface area contributed by atoms with Gasteiger partial charge < -0.3 is 10.4 Å². The topological polar surface area (TPSA) is 81.8 Å². The molecule has 0 aliphatic heterocycles. The van der Waals surface area contributed by atoms with Crippen molar-refractivity contribution >= 4 is 5.82 Å².